The summed E-state index contributed by atoms with van der Waals surface area (Å²) in [5.74, 6) is 1.79. The van der Waals surface area contributed by atoms with Crippen LogP contribution in [0.3, 0.4) is 0 Å². The van der Waals surface area contributed by atoms with Gasteiger partial charge in [0.15, 0.2) is 0 Å². The van der Waals surface area contributed by atoms with Gasteiger partial charge in [0.2, 0.25) is 5.82 Å². The molecule has 1 aliphatic rings. The molecule has 0 radical (unpaired) electrons. The van der Waals surface area contributed by atoms with Crippen molar-refractivity contribution < 1.29 is 28.3 Å². The van der Waals surface area contributed by atoms with Gasteiger partial charge in [-0.3, -0.25) is 4.90 Å². The monoisotopic (exact) mass is 513 g/mol. The average Bonchev–Trinajstić information content (AvgIpc) is 3.21. The van der Waals surface area contributed by atoms with Gasteiger partial charge in [0.1, 0.15) is 36.0 Å². The third-order valence-corrected chi connectivity index (χ3v) is 5.52. The normalized spacial score (nSPS) is 15.6. The number of fused-ring (bicyclic) bond motifs is 1. The van der Waals surface area contributed by atoms with E-state index in [0.29, 0.717) is 51.2 Å². The van der Waals surface area contributed by atoms with Crippen LogP contribution in [0.4, 0.5) is 4.79 Å². The number of ether oxygens (including phenoxy) is 3. The Balaban J connectivity index is 1.60. The number of carbonyl (C=O) groups excluding carboxylic acids is 2. The van der Waals surface area contributed by atoms with Gasteiger partial charge in [-0.2, -0.15) is 4.98 Å². The molecule has 0 bridgehead atoms. The van der Waals surface area contributed by atoms with E-state index in [4.69, 9.17) is 30.3 Å². The maximum Gasteiger partial charge on any atom is 0.411 e. The molecule has 0 saturated heterocycles. The van der Waals surface area contributed by atoms with E-state index in [1.165, 1.54) is 4.90 Å². The molecule has 4 rings (SSSR count). The minimum Gasteiger partial charge on any atom is -0.491 e. The zero-order chi connectivity index (χ0) is 26.0. The molecule has 10 heteroatoms. The molecule has 190 valence electrons. The Bertz CT molecular complexity index is 1270. The zero-order valence-corrected chi connectivity index (χ0v) is 21.5. The molecule has 0 N–H and O–H groups in total. The van der Waals surface area contributed by atoms with Gasteiger partial charge in [-0.05, 0) is 71.0 Å². The first-order chi connectivity index (χ1) is 17.0. The van der Waals surface area contributed by atoms with Crippen LogP contribution in [0.5, 0.6) is 11.5 Å². The maximum atomic E-state index is 12.8. The van der Waals surface area contributed by atoms with Crippen LogP contribution in [-0.4, -0.2) is 51.8 Å². The molecule has 36 heavy (non-hydrogen) atoms. The Morgan fingerprint density at radius 1 is 1.19 bits per heavy atom. The molecule has 1 aromatic heterocycles. The van der Waals surface area contributed by atoms with Crippen molar-refractivity contribution >= 4 is 24.0 Å². The standard InChI is InChI=1S/C26H28ClN3O6/c1-15(2)34-22-9-7-17(11-20(22)27)24-28-23(29-36-24)16-6-8-21-18(10-16)12-30(19(13-31)14-33-21)25(32)35-26(3,4)5/h6-11,13,15,19H,12,14H2,1-5H3. The third kappa shape index (κ3) is 5.79. The van der Waals surface area contributed by atoms with E-state index in [1.54, 1.807) is 57.2 Å². The Morgan fingerprint density at radius 2 is 1.94 bits per heavy atom. The minimum absolute atomic E-state index is 0.00593. The minimum atomic E-state index is -0.778. The number of hydrogen-bond donors (Lipinski definition) is 0. The summed E-state index contributed by atoms with van der Waals surface area (Å²) in [5.41, 5.74) is 1.29. The van der Waals surface area contributed by atoms with Crippen molar-refractivity contribution in [2.45, 2.75) is 58.9 Å². The highest BCUT2D eigenvalue weighted by molar-refractivity contribution is 6.32. The summed E-state index contributed by atoms with van der Waals surface area (Å²) in [4.78, 5) is 30.4. The van der Waals surface area contributed by atoms with Crippen molar-refractivity contribution in [3.8, 4) is 34.3 Å². The fraction of sp³-hybridized carbons (Fsp3) is 0.385. The Kier molecular flexibility index (Phi) is 7.21. The summed E-state index contributed by atoms with van der Waals surface area (Å²) in [5, 5.41) is 4.55. The van der Waals surface area contributed by atoms with E-state index >= 15 is 0 Å². The highest BCUT2D eigenvalue weighted by atomic mass is 35.5. The van der Waals surface area contributed by atoms with Gasteiger partial charge >= 0.3 is 6.09 Å². The SMILES string of the molecule is CC(C)Oc1ccc(-c2nc(-c3ccc4c(c3)CN(C(=O)OC(C)(C)C)C(C=O)CO4)no2)cc1Cl. The van der Waals surface area contributed by atoms with Gasteiger partial charge in [-0.1, -0.05) is 16.8 Å². The molecule has 1 atom stereocenters. The van der Waals surface area contributed by atoms with Crippen LogP contribution in [0.1, 0.15) is 40.2 Å². The summed E-state index contributed by atoms with van der Waals surface area (Å²) >= 11 is 6.35. The van der Waals surface area contributed by atoms with Crippen LogP contribution in [0, 0.1) is 0 Å². The van der Waals surface area contributed by atoms with Gasteiger partial charge in [0.25, 0.3) is 5.89 Å². The predicted molar refractivity (Wildman–Crippen MR) is 133 cm³/mol. The van der Waals surface area contributed by atoms with E-state index in [-0.39, 0.29) is 19.3 Å². The Hall–Kier alpha value is -3.59. The zero-order valence-electron chi connectivity index (χ0n) is 20.8. The summed E-state index contributed by atoms with van der Waals surface area (Å²) < 4.78 is 22.5. The van der Waals surface area contributed by atoms with Crippen molar-refractivity contribution in [2.24, 2.45) is 0 Å². The van der Waals surface area contributed by atoms with Gasteiger partial charge in [-0.25, -0.2) is 4.79 Å². The molecule has 0 spiro atoms. The maximum absolute atomic E-state index is 12.8. The van der Waals surface area contributed by atoms with Crippen LogP contribution >= 0.6 is 11.6 Å². The lowest BCUT2D eigenvalue weighted by molar-refractivity contribution is -0.113. The van der Waals surface area contributed by atoms with Crippen LogP contribution < -0.4 is 9.47 Å². The van der Waals surface area contributed by atoms with Gasteiger partial charge in [-0.15, -0.1) is 0 Å². The fourth-order valence-electron chi connectivity index (χ4n) is 3.62. The lowest BCUT2D eigenvalue weighted by atomic mass is 10.1. The second kappa shape index (κ2) is 10.2. The number of amides is 1. The van der Waals surface area contributed by atoms with Crippen molar-refractivity contribution in [1.29, 1.82) is 0 Å². The Morgan fingerprint density at radius 3 is 2.61 bits per heavy atom. The van der Waals surface area contributed by atoms with Crippen LogP contribution in [0.2, 0.25) is 5.02 Å². The number of halogens is 1. The number of hydrogen-bond acceptors (Lipinski definition) is 8. The highest BCUT2D eigenvalue weighted by Gasteiger charge is 2.32. The number of nitrogens with zero attached hydrogens (tertiary/aromatic N) is 3. The number of benzene rings is 2. The summed E-state index contributed by atoms with van der Waals surface area (Å²) in [7, 11) is 0. The predicted octanol–water partition coefficient (Wildman–Crippen LogP) is 5.54. The molecule has 0 saturated carbocycles. The molecule has 0 aliphatic carbocycles. The molecule has 1 unspecified atom stereocenters. The number of carbonyl (C=O) groups is 2. The average molecular weight is 514 g/mol. The first kappa shape index (κ1) is 25.5. The Labute approximate surface area is 214 Å². The number of rotatable bonds is 5. The molecule has 1 amide bonds. The molecule has 0 fully saturated rings. The molecule has 2 heterocycles. The first-order valence-electron chi connectivity index (χ1n) is 11.6. The highest BCUT2D eigenvalue weighted by Crippen LogP contribution is 2.33. The lowest BCUT2D eigenvalue weighted by Gasteiger charge is -2.29. The second-order valence-electron chi connectivity index (χ2n) is 9.68. The van der Waals surface area contributed by atoms with Gasteiger partial charge in [0, 0.05) is 16.7 Å². The third-order valence-electron chi connectivity index (χ3n) is 5.22. The van der Waals surface area contributed by atoms with E-state index < -0.39 is 17.7 Å². The van der Waals surface area contributed by atoms with Crippen LogP contribution in [0.25, 0.3) is 22.8 Å². The van der Waals surface area contributed by atoms with Crippen molar-refractivity contribution in [1.82, 2.24) is 15.0 Å². The summed E-state index contributed by atoms with van der Waals surface area (Å²) in [6.07, 6.45) is 0.0869. The van der Waals surface area contributed by atoms with Crippen molar-refractivity contribution in [3.05, 3.63) is 47.0 Å². The largest absolute Gasteiger partial charge is 0.491 e. The van der Waals surface area contributed by atoms with Gasteiger partial charge < -0.3 is 23.5 Å². The number of aldehydes is 1. The quantitative estimate of drug-likeness (QED) is 0.409. The fourth-order valence-corrected chi connectivity index (χ4v) is 3.85. The summed E-state index contributed by atoms with van der Waals surface area (Å²) in [6, 6.07) is 9.84. The molecular formula is C26H28ClN3O6. The van der Waals surface area contributed by atoms with E-state index in [2.05, 4.69) is 10.1 Å². The molecule has 3 aromatic rings. The molecule has 2 aromatic carbocycles. The molecule has 9 nitrogen and oxygen atoms in total. The van der Waals surface area contributed by atoms with Crippen LogP contribution in [-0.2, 0) is 16.1 Å². The molecular weight excluding hydrogens is 486 g/mol. The smallest absolute Gasteiger partial charge is 0.411 e. The van der Waals surface area contributed by atoms with E-state index in [0.717, 1.165) is 0 Å². The second-order valence-corrected chi connectivity index (χ2v) is 10.1. The van der Waals surface area contributed by atoms with Crippen LogP contribution in [0.15, 0.2) is 40.9 Å². The van der Waals surface area contributed by atoms with Crippen molar-refractivity contribution in [3.63, 3.8) is 0 Å². The topological polar surface area (TPSA) is 104 Å². The molecule has 1 aliphatic heterocycles. The van der Waals surface area contributed by atoms with Gasteiger partial charge in [0.05, 0.1) is 17.7 Å². The lowest BCUT2D eigenvalue weighted by Crippen LogP contribution is -2.45. The van der Waals surface area contributed by atoms with E-state index in [1.807, 2.05) is 13.8 Å². The first-order valence-corrected chi connectivity index (χ1v) is 11.9. The van der Waals surface area contributed by atoms with E-state index in [9.17, 15) is 9.59 Å². The van der Waals surface area contributed by atoms with Crippen molar-refractivity contribution in [2.75, 3.05) is 6.61 Å². The summed E-state index contributed by atoms with van der Waals surface area (Å²) in [6.45, 7) is 9.31. The number of aromatic nitrogens is 2.